The Balaban J connectivity index is 1.93. The van der Waals surface area contributed by atoms with Crippen LogP contribution in [0.2, 0.25) is 5.02 Å². The number of hydrogen-bond acceptors (Lipinski definition) is 3. The van der Waals surface area contributed by atoms with Crippen molar-refractivity contribution in [3.63, 3.8) is 0 Å². The first-order valence-electron chi connectivity index (χ1n) is 6.84. The Labute approximate surface area is 124 Å². The lowest BCUT2D eigenvalue weighted by Gasteiger charge is -2.17. The average Bonchev–Trinajstić information content (AvgIpc) is 3.00. The standard InChI is InChI=1S/C15H19ClN4/c1-19(2)7-8-20-15(13(16)10-18-20)14-12-6-4-3-5-11(12)9-17-14/h3-6,10,14,17H,7-9H2,1-2H3. The van der Waals surface area contributed by atoms with Gasteiger partial charge in [0.25, 0.3) is 0 Å². The zero-order valence-corrected chi connectivity index (χ0v) is 12.6. The molecular formula is C15H19ClN4. The average molecular weight is 291 g/mol. The van der Waals surface area contributed by atoms with Crippen LogP contribution in [0.15, 0.2) is 30.5 Å². The molecule has 0 bridgehead atoms. The highest BCUT2D eigenvalue weighted by atomic mass is 35.5. The Morgan fingerprint density at radius 1 is 1.40 bits per heavy atom. The molecule has 0 saturated heterocycles. The van der Waals surface area contributed by atoms with Crippen LogP contribution in [0.3, 0.4) is 0 Å². The van der Waals surface area contributed by atoms with Gasteiger partial charge < -0.3 is 10.2 Å². The van der Waals surface area contributed by atoms with E-state index >= 15 is 0 Å². The molecule has 3 rings (SSSR count). The Morgan fingerprint density at radius 2 is 2.20 bits per heavy atom. The summed E-state index contributed by atoms with van der Waals surface area (Å²) < 4.78 is 2.02. The van der Waals surface area contributed by atoms with E-state index in [-0.39, 0.29) is 6.04 Å². The third kappa shape index (κ3) is 2.46. The van der Waals surface area contributed by atoms with Crippen LogP contribution in [0.4, 0.5) is 0 Å². The predicted octanol–water partition coefficient (Wildman–Crippen LogP) is 2.29. The van der Waals surface area contributed by atoms with Crippen molar-refractivity contribution in [1.29, 1.82) is 0 Å². The van der Waals surface area contributed by atoms with Crippen molar-refractivity contribution >= 4 is 11.6 Å². The number of nitrogens with zero attached hydrogens (tertiary/aromatic N) is 3. The van der Waals surface area contributed by atoms with Crippen molar-refractivity contribution in [3.8, 4) is 0 Å². The summed E-state index contributed by atoms with van der Waals surface area (Å²) in [5.41, 5.74) is 3.72. The van der Waals surface area contributed by atoms with Gasteiger partial charge in [0, 0.05) is 13.1 Å². The number of nitrogens with one attached hydrogen (secondary N) is 1. The zero-order chi connectivity index (χ0) is 14.1. The summed E-state index contributed by atoms with van der Waals surface area (Å²) in [5.74, 6) is 0. The maximum atomic E-state index is 6.37. The van der Waals surface area contributed by atoms with Gasteiger partial charge in [-0.1, -0.05) is 35.9 Å². The highest BCUT2D eigenvalue weighted by Gasteiger charge is 2.28. The van der Waals surface area contributed by atoms with Gasteiger partial charge in [-0.25, -0.2) is 0 Å². The molecule has 1 unspecified atom stereocenters. The second-order valence-electron chi connectivity index (χ2n) is 5.42. The first kappa shape index (κ1) is 13.6. The first-order valence-corrected chi connectivity index (χ1v) is 7.21. The van der Waals surface area contributed by atoms with Crippen LogP contribution in [-0.2, 0) is 13.1 Å². The summed E-state index contributed by atoms with van der Waals surface area (Å²) in [7, 11) is 4.13. The molecule has 1 aromatic heterocycles. The number of fused-ring (bicyclic) bond motifs is 1. The molecule has 1 aliphatic rings. The molecule has 5 heteroatoms. The maximum absolute atomic E-state index is 6.37. The maximum Gasteiger partial charge on any atom is 0.0837 e. The van der Waals surface area contributed by atoms with Crippen molar-refractivity contribution in [3.05, 3.63) is 52.3 Å². The molecule has 0 fully saturated rings. The molecule has 0 radical (unpaired) electrons. The molecule has 0 saturated carbocycles. The van der Waals surface area contributed by atoms with Crippen molar-refractivity contribution < 1.29 is 0 Å². The molecule has 1 N–H and O–H groups in total. The molecule has 20 heavy (non-hydrogen) atoms. The van der Waals surface area contributed by atoms with Crippen molar-refractivity contribution in [2.24, 2.45) is 0 Å². The number of halogens is 1. The monoisotopic (exact) mass is 290 g/mol. The first-order chi connectivity index (χ1) is 9.66. The van der Waals surface area contributed by atoms with Gasteiger partial charge in [0.1, 0.15) is 0 Å². The van der Waals surface area contributed by atoms with Crippen molar-refractivity contribution in [2.45, 2.75) is 19.1 Å². The zero-order valence-electron chi connectivity index (χ0n) is 11.8. The second-order valence-corrected chi connectivity index (χ2v) is 5.82. The van der Waals surface area contributed by atoms with Gasteiger partial charge in [-0.15, -0.1) is 0 Å². The lowest BCUT2D eigenvalue weighted by molar-refractivity contribution is 0.366. The molecule has 1 aromatic carbocycles. The van der Waals surface area contributed by atoms with Crippen LogP contribution < -0.4 is 5.32 Å². The summed E-state index contributed by atoms with van der Waals surface area (Å²) in [6.07, 6.45) is 1.75. The summed E-state index contributed by atoms with van der Waals surface area (Å²) in [6.45, 7) is 2.67. The van der Waals surface area contributed by atoms with Crippen LogP contribution in [0.1, 0.15) is 22.9 Å². The minimum Gasteiger partial charge on any atom is -0.308 e. The van der Waals surface area contributed by atoms with E-state index in [2.05, 4.69) is 53.7 Å². The number of hydrogen-bond donors (Lipinski definition) is 1. The third-order valence-electron chi connectivity index (χ3n) is 3.73. The molecule has 1 aliphatic heterocycles. The van der Waals surface area contributed by atoms with Crippen LogP contribution in [0.5, 0.6) is 0 Å². The Hall–Kier alpha value is -1.36. The van der Waals surface area contributed by atoms with Crippen LogP contribution in [0, 0.1) is 0 Å². The van der Waals surface area contributed by atoms with E-state index in [1.807, 2.05) is 4.68 Å². The largest absolute Gasteiger partial charge is 0.308 e. The molecule has 1 atom stereocenters. The molecule has 2 heterocycles. The van der Waals surface area contributed by atoms with E-state index in [1.54, 1.807) is 6.20 Å². The molecular weight excluding hydrogens is 272 g/mol. The highest BCUT2D eigenvalue weighted by molar-refractivity contribution is 6.31. The Bertz CT molecular complexity index is 606. The third-order valence-corrected chi connectivity index (χ3v) is 4.02. The fourth-order valence-corrected chi connectivity index (χ4v) is 2.92. The van der Waals surface area contributed by atoms with Gasteiger partial charge in [0.2, 0.25) is 0 Å². The SMILES string of the molecule is CN(C)CCn1ncc(Cl)c1C1NCc2ccccc21. The van der Waals surface area contributed by atoms with E-state index in [4.69, 9.17) is 11.6 Å². The van der Waals surface area contributed by atoms with Crippen LogP contribution in [0.25, 0.3) is 0 Å². The molecule has 0 aliphatic carbocycles. The molecule has 0 spiro atoms. The Morgan fingerprint density at radius 3 is 3.00 bits per heavy atom. The molecule has 106 valence electrons. The fourth-order valence-electron chi connectivity index (χ4n) is 2.67. The predicted molar refractivity (Wildman–Crippen MR) is 80.9 cm³/mol. The van der Waals surface area contributed by atoms with Gasteiger partial charge >= 0.3 is 0 Å². The summed E-state index contributed by atoms with van der Waals surface area (Å²) in [6, 6.07) is 8.63. The number of benzene rings is 1. The minimum absolute atomic E-state index is 0.142. The highest BCUT2D eigenvalue weighted by Crippen LogP contribution is 2.34. The van der Waals surface area contributed by atoms with E-state index in [1.165, 1.54) is 11.1 Å². The van der Waals surface area contributed by atoms with Gasteiger partial charge in [-0.3, -0.25) is 4.68 Å². The van der Waals surface area contributed by atoms with E-state index in [0.717, 1.165) is 30.4 Å². The molecule has 2 aromatic rings. The molecule has 4 nitrogen and oxygen atoms in total. The van der Waals surface area contributed by atoms with E-state index < -0.39 is 0 Å². The van der Waals surface area contributed by atoms with Crippen molar-refractivity contribution in [1.82, 2.24) is 20.0 Å². The number of likely N-dealkylation sites (N-methyl/N-ethyl adjacent to an activating group) is 1. The lowest BCUT2D eigenvalue weighted by atomic mass is 10.0. The fraction of sp³-hybridized carbons (Fsp3) is 0.400. The quantitative estimate of drug-likeness (QED) is 0.938. The minimum atomic E-state index is 0.142. The lowest BCUT2D eigenvalue weighted by Crippen LogP contribution is -2.23. The van der Waals surface area contributed by atoms with E-state index in [9.17, 15) is 0 Å². The van der Waals surface area contributed by atoms with Gasteiger partial charge in [-0.05, 0) is 25.2 Å². The Kier molecular flexibility index (Phi) is 3.78. The number of rotatable bonds is 4. The smallest absolute Gasteiger partial charge is 0.0837 e. The summed E-state index contributed by atoms with van der Waals surface area (Å²) in [4.78, 5) is 2.15. The van der Waals surface area contributed by atoms with Gasteiger partial charge in [0.05, 0.1) is 29.5 Å². The summed E-state index contributed by atoms with van der Waals surface area (Å²) >= 11 is 6.37. The number of aromatic nitrogens is 2. The van der Waals surface area contributed by atoms with E-state index in [0.29, 0.717) is 0 Å². The topological polar surface area (TPSA) is 33.1 Å². The molecule has 0 amide bonds. The van der Waals surface area contributed by atoms with Crippen LogP contribution >= 0.6 is 11.6 Å². The summed E-state index contributed by atoms with van der Waals surface area (Å²) in [5, 5.41) is 8.69. The van der Waals surface area contributed by atoms with Crippen LogP contribution in [-0.4, -0.2) is 35.3 Å². The normalized spacial score (nSPS) is 17.7. The second kappa shape index (κ2) is 5.56. The van der Waals surface area contributed by atoms with Gasteiger partial charge in [0.15, 0.2) is 0 Å². The van der Waals surface area contributed by atoms with Crippen molar-refractivity contribution in [2.75, 3.05) is 20.6 Å². The van der Waals surface area contributed by atoms with Gasteiger partial charge in [-0.2, -0.15) is 5.10 Å².